The average molecular weight is 389 g/mol. The number of nitrogens with zero attached hydrogens (tertiary/aromatic N) is 3. The number of rotatable bonds is 6. The molecule has 28 heavy (non-hydrogen) atoms. The smallest absolute Gasteiger partial charge is 0.387 e. The van der Waals surface area contributed by atoms with Crippen LogP contribution in [0.2, 0.25) is 0 Å². The number of aryl methyl sites for hydroxylation is 2. The Labute approximate surface area is 160 Å². The Bertz CT molecular complexity index is 996. The summed E-state index contributed by atoms with van der Waals surface area (Å²) in [6.45, 7) is 2.67. The number of H-pyrrole nitrogens is 1. The number of ether oxygens (including phenoxy) is 1. The first-order valence-corrected chi connectivity index (χ1v) is 8.68. The first-order chi connectivity index (χ1) is 13.3. The normalized spacial score (nSPS) is 12.2. The lowest BCUT2D eigenvalue weighted by Crippen LogP contribution is -2.27. The van der Waals surface area contributed by atoms with Gasteiger partial charge in [0.25, 0.3) is 5.91 Å². The minimum atomic E-state index is -2.90. The monoisotopic (exact) mass is 389 g/mol. The van der Waals surface area contributed by atoms with Gasteiger partial charge >= 0.3 is 6.61 Å². The molecule has 1 unspecified atom stereocenters. The van der Waals surface area contributed by atoms with E-state index >= 15 is 0 Å². The van der Waals surface area contributed by atoms with Gasteiger partial charge in [0.15, 0.2) is 0 Å². The lowest BCUT2D eigenvalue weighted by atomic mass is 10.1. The Hall–Kier alpha value is -3.23. The third-order valence-electron chi connectivity index (χ3n) is 4.52. The molecule has 1 atom stereocenters. The third-order valence-corrected chi connectivity index (χ3v) is 4.52. The second kappa shape index (κ2) is 7.79. The van der Waals surface area contributed by atoms with Crippen LogP contribution < -0.4 is 10.1 Å². The summed E-state index contributed by atoms with van der Waals surface area (Å²) in [5, 5.41) is 14.1. The van der Waals surface area contributed by atoms with Crippen LogP contribution in [0.3, 0.4) is 0 Å². The van der Waals surface area contributed by atoms with Crippen LogP contribution in [0.5, 0.6) is 5.75 Å². The SMILES string of the molecule is Cc1nn(C)c(C)c1-c1cc(C(=O)NC(C)c2cccc(OC(F)F)c2)[nH]n1. The molecule has 0 bridgehead atoms. The number of hydrogen-bond donors (Lipinski definition) is 2. The fraction of sp³-hybridized carbons (Fsp3) is 0.316. The Morgan fingerprint density at radius 3 is 2.68 bits per heavy atom. The number of aromatic amines is 1. The van der Waals surface area contributed by atoms with Crippen LogP contribution in [0.1, 0.15) is 40.4 Å². The maximum atomic E-state index is 12.6. The van der Waals surface area contributed by atoms with Crippen molar-refractivity contribution in [1.29, 1.82) is 0 Å². The molecule has 1 amide bonds. The number of carbonyl (C=O) groups excluding carboxylic acids is 1. The van der Waals surface area contributed by atoms with Crippen LogP contribution in [-0.2, 0) is 7.05 Å². The van der Waals surface area contributed by atoms with E-state index in [-0.39, 0.29) is 11.7 Å². The van der Waals surface area contributed by atoms with Gasteiger partial charge in [0, 0.05) is 18.3 Å². The van der Waals surface area contributed by atoms with Crippen LogP contribution >= 0.6 is 0 Å². The molecule has 0 fully saturated rings. The number of halogens is 2. The summed E-state index contributed by atoms with van der Waals surface area (Å²) >= 11 is 0. The lowest BCUT2D eigenvalue weighted by molar-refractivity contribution is -0.0499. The second-order valence-corrected chi connectivity index (χ2v) is 6.48. The van der Waals surface area contributed by atoms with E-state index in [9.17, 15) is 13.6 Å². The van der Waals surface area contributed by atoms with Gasteiger partial charge in [-0.15, -0.1) is 0 Å². The van der Waals surface area contributed by atoms with Crippen LogP contribution in [0.4, 0.5) is 8.78 Å². The summed E-state index contributed by atoms with van der Waals surface area (Å²) in [4.78, 5) is 12.6. The first-order valence-electron chi connectivity index (χ1n) is 8.68. The van der Waals surface area contributed by atoms with Gasteiger partial charge in [0.1, 0.15) is 11.4 Å². The maximum Gasteiger partial charge on any atom is 0.387 e. The summed E-state index contributed by atoms with van der Waals surface area (Å²) in [6, 6.07) is 7.47. The van der Waals surface area contributed by atoms with E-state index in [0.717, 1.165) is 17.0 Å². The van der Waals surface area contributed by atoms with E-state index in [1.807, 2.05) is 20.9 Å². The number of hydrogen-bond acceptors (Lipinski definition) is 4. The summed E-state index contributed by atoms with van der Waals surface area (Å²) in [5.74, 6) is -0.314. The van der Waals surface area contributed by atoms with Gasteiger partial charge < -0.3 is 10.1 Å². The number of alkyl halides is 2. The van der Waals surface area contributed by atoms with E-state index in [2.05, 4.69) is 25.3 Å². The fourth-order valence-electron chi connectivity index (χ4n) is 3.03. The number of benzene rings is 1. The largest absolute Gasteiger partial charge is 0.435 e. The molecule has 2 heterocycles. The second-order valence-electron chi connectivity index (χ2n) is 6.48. The maximum absolute atomic E-state index is 12.6. The van der Waals surface area contributed by atoms with Crippen molar-refractivity contribution < 1.29 is 18.3 Å². The molecular formula is C19H21F2N5O2. The van der Waals surface area contributed by atoms with Gasteiger partial charge in [-0.25, -0.2) is 0 Å². The number of aromatic nitrogens is 4. The minimum absolute atomic E-state index is 0.0416. The highest BCUT2D eigenvalue weighted by Gasteiger charge is 2.19. The van der Waals surface area contributed by atoms with Crippen molar-refractivity contribution in [2.45, 2.75) is 33.4 Å². The minimum Gasteiger partial charge on any atom is -0.435 e. The molecule has 7 nitrogen and oxygen atoms in total. The zero-order chi connectivity index (χ0) is 20.4. The van der Waals surface area contributed by atoms with Crippen molar-refractivity contribution in [3.8, 4) is 17.0 Å². The quantitative estimate of drug-likeness (QED) is 0.676. The van der Waals surface area contributed by atoms with Crippen LogP contribution in [0.15, 0.2) is 30.3 Å². The highest BCUT2D eigenvalue weighted by molar-refractivity contribution is 5.93. The molecule has 9 heteroatoms. The van der Waals surface area contributed by atoms with Crippen molar-refractivity contribution >= 4 is 5.91 Å². The van der Waals surface area contributed by atoms with E-state index in [0.29, 0.717) is 17.0 Å². The molecule has 0 aliphatic rings. The van der Waals surface area contributed by atoms with E-state index in [1.165, 1.54) is 12.1 Å². The van der Waals surface area contributed by atoms with Gasteiger partial charge in [0.2, 0.25) is 0 Å². The van der Waals surface area contributed by atoms with E-state index in [4.69, 9.17) is 0 Å². The molecule has 2 aromatic heterocycles. The molecule has 2 N–H and O–H groups in total. The highest BCUT2D eigenvalue weighted by atomic mass is 19.3. The van der Waals surface area contributed by atoms with Gasteiger partial charge in [-0.05, 0) is 44.5 Å². The van der Waals surface area contributed by atoms with Crippen LogP contribution in [-0.4, -0.2) is 32.5 Å². The van der Waals surface area contributed by atoms with Crippen molar-refractivity contribution in [3.05, 3.63) is 53.0 Å². The Kier molecular flexibility index (Phi) is 5.43. The Morgan fingerprint density at radius 1 is 1.29 bits per heavy atom. The fourth-order valence-corrected chi connectivity index (χ4v) is 3.03. The first kappa shape index (κ1) is 19.5. The van der Waals surface area contributed by atoms with Crippen molar-refractivity contribution in [3.63, 3.8) is 0 Å². The molecule has 0 saturated carbocycles. The molecule has 0 saturated heterocycles. The highest BCUT2D eigenvalue weighted by Crippen LogP contribution is 2.25. The predicted octanol–water partition coefficient (Wildman–Crippen LogP) is 3.52. The molecular weight excluding hydrogens is 368 g/mol. The average Bonchev–Trinajstić information content (AvgIpc) is 3.19. The summed E-state index contributed by atoms with van der Waals surface area (Å²) in [5.41, 5.74) is 4.22. The number of nitrogens with one attached hydrogen (secondary N) is 2. The zero-order valence-electron chi connectivity index (χ0n) is 16.0. The van der Waals surface area contributed by atoms with E-state index in [1.54, 1.807) is 29.8 Å². The van der Waals surface area contributed by atoms with Gasteiger partial charge in [-0.2, -0.15) is 19.0 Å². The molecule has 0 aliphatic heterocycles. The van der Waals surface area contributed by atoms with Crippen molar-refractivity contribution in [2.75, 3.05) is 0 Å². The Balaban J connectivity index is 1.74. The van der Waals surface area contributed by atoms with Crippen LogP contribution in [0, 0.1) is 13.8 Å². The van der Waals surface area contributed by atoms with E-state index < -0.39 is 12.7 Å². The molecule has 1 aromatic carbocycles. The number of amides is 1. The molecule has 148 valence electrons. The number of carbonyl (C=O) groups is 1. The van der Waals surface area contributed by atoms with Gasteiger partial charge in [0.05, 0.1) is 17.4 Å². The van der Waals surface area contributed by atoms with Crippen molar-refractivity contribution in [1.82, 2.24) is 25.3 Å². The van der Waals surface area contributed by atoms with Gasteiger partial charge in [-0.1, -0.05) is 12.1 Å². The third kappa shape index (κ3) is 4.03. The molecule has 0 spiro atoms. The molecule has 3 aromatic rings. The summed E-state index contributed by atoms with van der Waals surface area (Å²) in [7, 11) is 1.85. The standard InChI is InChI=1S/C19H21F2N5O2/c1-10(13-6-5-7-14(8-13)28-19(20)21)22-18(27)16-9-15(23-24-16)17-11(2)25-26(4)12(17)3/h5-10,19H,1-4H3,(H,22,27)(H,23,24). The lowest BCUT2D eigenvalue weighted by Gasteiger charge is -2.15. The molecule has 0 aliphatic carbocycles. The summed E-state index contributed by atoms with van der Waals surface area (Å²) < 4.78 is 30.9. The topological polar surface area (TPSA) is 84.8 Å². The Morgan fingerprint density at radius 2 is 2.04 bits per heavy atom. The molecule has 0 radical (unpaired) electrons. The van der Waals surface area contributed by atoms with Crippen LogP contribution in [0.25, 0.3) is 11.3 Å². The zero-order valence-corrected chi connectivity index (χ0v) is 16.0. The molecule has 3 rings (SSSR count). The van der Waals surface area contributed by atoms with Gasteiger partial charge in [-0.3, -0.25) is 14.6 Å². The van der Waals surface area contributed by atoms with Crippen molar-refractivity contribution in [2.24, 2.45) is 7.05 Å². The predicted molar refractivity (Wildman–Crippen MR) is 99.2 cm³/mol. The summed E-state index contributed by atoms with van der Waals surface area (Å²) in [6.07, 6.45) is 0.